The van der Waals surface area contributed by atoms with E-state index in [1.54, 1.807) is 5.57 Å². The Hall–Kier alpha value is -0.780. The van der Waals surface area contributed by atoms with E-state index in [1.165, 1.54) is 38.5 Å². The van der Waals surface area contributed by atoms with Gasteiger partial charge >= 0.3 is 0 Å². The number of hydrogen-bond donors (Lipinski definition) is 0. The Morgan fingerprint density at radius 2 is 1.77 bits per heavy atom. The summed E-state index contributed by atoms with van der Waals surface area (Å²) in [7, 11) is 0. The number of allylic oxidation sites excluding steroid dienone is 6. The second-order valence-electron chi connectivity index (χ2n) is 4.09. The van der Waals surface area contributed by atoms with Crippen LogP contribution in [-0.4, -0.2) is 0 Å². The molecular formula is C13H18. The van der Waals surface area contributed by atoms with Gasteiger partial charge in [-0.05, 0) is 25.2 Å². The van der Waals surface area contributed by atoms with Crippen molar-refractivity contribution in [1.29, 1.82) is 0 Å². The van der Waals surface area contributed by atoms with Crippen molar-refractivity contribution in [2.45, 2.75) is 38.5 Å². The van der Waals surface area contributed by atoms with Gasteiger partial charge in [0.05, 0.1) is 0 Å². The fourth-order valence-electron chi connectivity index (χ4n) is 2.37. The van der Waals surface area contributed by atoms with Crippen molar-refractivity contribution in [2.24, 2.45) is 5.92 Å². The van der Waals surface area contributed by atoms with E-state index >= 15 is 0 Å². The quantitative estimate of drug-likeness (QED) is 0.563. The standard InChI is InChI=1S/C13H18/c1-2-5-9-12(8-4-1)13-10-6-3-7-11-13/h1-2,4-5,8,13H,3,6-7,9-11H2. The van der Waals surface area contributed by atoms with Crippen LogP contribution in [0.5, 0.6) is 0 Å². The SMILES string of the molecule is C1=CC=C(C2CCCCC2)CC=C1. The Bertz CT molecular complexity index is 237. The molecule has 1 saturated carbocycles. The van der Waals surface area contributed by atoms with Gasteiger partial charge in [-0.3, -0.25) is 0 Å². The van der Waals surface area contributed by atoms with Gasteiger partial charge in [-0.15, -0.1) is 0 Å². The third-order valence-electron chi connectivity index (χ3n) is 3.15. The van der Waals surface area contributed by atoms with Crippen LogP contribution in [0.15, 0.2) is 36.0 Å². The van der Waals surface area contributed by atoms with Crippen LogP contribution in [0.1, 0.15) is 38.5 Å². The molecule has 13 heavy (non-hydrogen) atoms. The molecule has 0 nitrogen and oxygen atoms in total. The molecule has 0 N–H and O–H groups in total. The van der Waals surface area contributed by atoms with Crippen LogP contribution in [-0.2, 0) is 0 Å². The third kappa shape index (κ3) is 2.33. The van der Waals surface area contributed by atoms with Crippen LogP contribution < -0.4 is 0 Å². The highest BCUT2D eigenvalue weighted by molar-refractivity contribution is 5.25. The highest BCUT2D eigenvalue weighted by Gasteiger charge is 2.16. The molecule has 0 atom stereocenters. The zero-order chi connectivity index (χ0) is 8.93. The second kappa shape index (κ2) is 4.45. The summed E-state index contributed by atoms with van der Waals surface area (Å²) >= 11 is 0. The van der Waals surface area contributed by atoms with E-state index in [4.69, 9.17) is 0 Å². The van der Waals surface area contributed by atoms with E-state index in [9.17, 15) is 0 Å². The summed E-state index contributed by atoms with van der Waals surface area (Å²) in [5, 5.41) is 0. The lowest BCUT2D eigenvalue weighted by atomic mass is 9.82. The Balaban J connectivity index is 2.01. The van der Waals surface area contributed by atoms with E-state index < -0.39 is 0 Å². The van der Waals surface area contributed by atoms with Gasteiger partial charge < -0.3 is 0 Å². The van der Waals surface area contributed by atoms with Crippen LogP contribution in [0.3, 0.4) is 0 Å². The maximum absolute atomic E-state index is 2.33. The lowest BCUT2D eigenvalue weighted by Gasteiger charge is -2.23. The minimum absolute atomic E-state index is 0.890. The zero-order valence-electron chi connectivity index (χ0n) is 8.21. The molecule has 70 valence electrons. The summed E-state index contributed by atoms with van der Waals surface area (Å²) in [4.78, 5) is 0. The second-order valence-corrected chi connectivity index (χ2v) is 4.09. The molecule has 0 bridgehead atoms. The summed E-state index contributed by atoms with van der Waals surface area (Å²) in [5.41, 5.74) is 1.66. The monoisotopic (exact) mass is 174 g/mol. The number of hydrogen-bond acceptors (Lipinski definition) is 0. The van der Waals surface area contributed by atoms with Crippen LogP contribution in [0.4, 0.5) is 0 Å². The molecule has 0 aromatic carbocycles. The molecule has 0 amide bonds. The molecule has 2 aliphatic carbocycles. The molecule has 0 saturated heterocycles. The van der Waals surface area contributed by atoms with E-state index in [0.29, 0.717) is 0 Å². The summed E-state index contributed by atoms with van der Waals surface area (Å²) in [5.74, 6) is 0.890. The molecule has 0 aromatic rings. The number of rotatable bonds is 1. The summed E-state index contributed by atoms with van der Waals surface area (Å²) in [6.07, 6.45) is 19.5. The maximum atomic E-state index is 2.33. The summed E-state index contributed by atoms with van der Waals surface area (Å²) < 4.78 is 0. The van der Waals surface area contributed by atoms with Gasteiger partial charge in [0.2, 0.25) is 0 Å². The minimum Gasteiger partial charge on any atom is -0.0805 e. The minimum atomic E-state index is 0.890. The summed E-state index contributed by atoms with van der Waals surface area (Å²) in [6.45, 7) is 0. The lowest BCUT2D eigenvalue weighted by molar-refractivity contribution is 0.399. The molecule has 0 aliphatic heterocycles. The van der Waals surface area contributed by atoms with Gasteiger partial charge in [-0.25, -0.2) is 0 Å². The Labute approximate surface area is 81.0 Å². The predicted molar refractivity (Wildman–Crippen MR) is 57.6 cm³/mol. The third-order valence-corrected chi connectivity index (χ3v) is 3.15. The Morgan fingerprint density at radius 3 is 2.62 bits per heavy atom. The molecule has 0 heteroatoms. The van der Waals surface area contributed by atoms with E-state index in [2.05, 4.69) is 30.4 Å². The normalized spacial score (nSPS) is 24.2. The van der Waals surface area contributed by atoms with Crippen molar-refractivity contribution in [1.82, 2.24) is 0 Å². The van der Waals surface area contributed by atoms with Crippen LogP contribution in [0, 0.1) is 5.92 Å². The molecule has 0 spiro atoms. The van der Waals surface area contributed by atoms with Crippen molar-refractivity contribution in [3.05, 3.63) is 36.0 Å². The topological polar surface area (TPSA) is 0 Å². The van der Waals surface area contributed by atoms with E-state index in [-0.39, 0.29) is 0 Å². The first kappa shape index (κ1) is 8.80. The highest BCUT2D eigenvalue weighted by atomic mass is 14.2. The molecule has 2 aliphatic rings. The zero-order valence-corrected chi connectivity index (χ0v) is 8.21. The molecular weight excluding hydrogens is 156 g/mol. The predicted octanol–water partition coefficient (Wildman–Crippen LogP) is 4.01. The molecule has 0 unspecified atom stereocenters. The first-order valence-corrected chi connectivity index (χ1v) is 5.49. The maximum Gasteiger partial charge on any atom is -0.0130 e. The average molecular weight is 174 g/mol. The van der Waals surface area contributed by atoms with Crippen molar-refractivity contribution < 1.29 is 0 Å². The first-order valence-electron chi connectivity index (χ1n) is 5.49. The highest BCUT2D eigenvalue weighted by Crippen LogP contribution is 2.31. The molecule has 0 heterocycles. The van der Waals surface area contributed by atoms with Crippen molar-refractivity contribution in [2.75, 3.05) is 0 Å². The largest absolute Gasteiger partial charge is 0.0805 e. The van der Waals surface area contributed by atoms with Gasteiger partial charge in [0, 0.05) is 0 Å². The van der Waals surface area contributed by atoms with E-state index in [0.717, 1.165) is 5.92 Å². The van der Waals surface area contributed by atoms with Gasteiger partial charge in [-0.2, -0.15) is 0 Å². The molecule has 0 aromatic heterocycles. The fourth-order valence-corrected chi connectivity index (χ4v) is 2.37. The first-order chi connectivity index (χ1) is 6.47. The van der Waals surface area contributed by atoms with Crippen molar-refractivity contribution in [3.63, 3.8) is 0 Å². The van der Waals surface area contributed by atoms with Crippen LogP contribution >= 0.6 is 0 Å². The van der Waals surface area contributed by atoms with Crippen LogP contribution in [0.2, 0.25) is 0 Å². The van der Waals surface area contributed by atoms with Gasteiger partial charge in [-0.1, -0.05) is 55.2 Å². The lowest BCUT2D eigenvalue weighted by Crippen LogP contribution is -2.08. The van der Waals surface area contributed by atoms with Crippen molar-refractivity contribution >= 4 is 0 Å². The Morgan fingerprint density at radius 1 is 0.923 bits per heavy atom. The van der Waals surface area contributed by atoms with Gasteiger partial charge in [0.1, 0.15) is 0 Å². The fraction of sp³-hybridized carbons (Fsp3) is 0.538. The Kier molecular flexibility index (Phi) is 3.02. The molecule has 0 radical (unpaired) electrons. The van der Waals surface area contributed by atoms with Crippen LogP contribution in [0.25, 0.3) is 0 Å². The van der Waals surface area contributed by atoms with Crippen molar-refractivity contribution in [3.8, 4) is 0 Å². The molecule has 2 rings (SSSR count). The van der Waals surface area contributed by atoms with Gasteiger partial charge in [0.15, 0.2) is 0 Å². The van der Waals surface area contributed by atoms with Gasteiger partial charge in [0.25, 0.3) is 0 Å². The smallest absolute Gasteiger partial charge is 0.0130 e. The van der Waals surface area contributed by atoms with E-state index in [1.807, 2.05) is 0 Å². The molecule has 1 fully saturated rings. The average Bonchev–Trinajstić information content (AvgIpc) is 2.47. The summed E-state index contributed by atoms with van der Waals surface area (Å²) in [6, 6.07) is 0.